The van der Waals surface area contributed by atoms with Crippen molar-refractivity contribution < 1.29 is 16.8 Å². The molecule has 0 aliphatic heterocycles. The SMILES string of the molecule is O=S(=O)(NCCNS(=O)(=O)c1cccc2cnccc12)c1cccc2ccccc12. The van der Waals surface area contributed by atoms with Gasteiger partial charge in [-0.05, 0) is 23.6 Å². The van der Waals surface area contributed by atoms with Gasteiger partial charge in [0.25, 0.3) is 0 Å². The highest BCUT2D eigenvalue weighted by molar-refractivity contribution is 7.90. The standard InChI is InChI=1S/C21H19N3O4S2/c25-29(26,20-9-3-6-16-5-1-2-8-18(16)20)23-13-14-24-30(27,28)21-10-4-7-17-15-22-12-11-19(17)21/h1-12,15,23-24H,13-14H2. The molecule has 0 saturated heterocycles. The molecule has 0 saturated carbocycles. The van der Waals surface area contributed by atoms with Crippen LogP contribution in [0.3, 0.4) is 0 Å². The molecule has 1 heterocycles. The predicted molar refractivity (Wildman–Crippen MR) is 116 cm³/mol. The van der Waals surface area contributed by atoms with Crippen molar-refractivity contribution >= 4 is 41.6 Å². The summed E-state index contributed by atoms with van der Waals surface area (Å²) >= 11 is 0. The molecule has 30 heavy (non-hydrogen) atoms. The average molecular weight is 442 g/mol. The maximum atomic E-state index is 12.7. The normalized spacial score (nSPS) is 12.4. The van der Waals surface area contributed by atoms with Crippen molar-refractivity contribution in [1.29, 1.82) is 0 Å². The first-order valence-corrected chi connectivity index (χ1v) is 12.1. The van der Waals surface area contributed by atoms with Crippen LogP contribution in [-0.4, -0.2) is 34.9 Å². The first-order valence-electron chi connectivity index (χ1n) is 9.18. The van der Waals surface area contributed by atoms with Crippen molar-refractivity contribution in [2.75, 3.05) is 13.1 Å². The number of nitrogens with one attached hydrogen (secondary N) is 2. The van der Waals surface area contributed by atoms with Gasteiger partial charge in [0.15, 0.2) is 0 Å². The Labute approximate surface area is 174 Å². The van der Waals surface area contributed by atoms with Crippen LogP contribution in [0.25, 0.3) is 21.5 Å². The number of sulfonamides is 2. The maximum Gasteiger partial charge on any atom is 0.241 e. The van der Waals surface area contributed by atoms with Crippen molar-refractivity contribution in [3.8, 4) is 0 Å². The number of fused-ring (bicyclic) bond motifs is 2. The molecule has 0 amide bonds. The van der Waals surface area contributed by atoms with E-state index in [2.05, 4.69) is 14.4 Å². The molecular weight excluding hydrogens is 422 g/mol. The van der Waals surface area contributed by atoms with Crippen LogP contribution >= 0.6 is 0 Å². The summed E-state index contributed by atoms with van der Waals surface area (Å²) in [7, 11) is -7.61. The van der Waals surface area contributed by atoms with Gasteiger partial charge in [-0.2, -0.15) is 0 Å². The van der Waals surface area contributed by atoms with E-state index in [0.717, 1.165) is 5.39 Å². The Hall–Kier alpha value is -2.85. The number of hydrogen-bond donors (Lipinski definition) is 2. The molecule has 1 aromatic heterocycles. The van der Waals surface area contributed by atoms with Crippen LogP contribution in [0.4, 0.5) is 0 Å². The van der Waals surface area contributed by atoms with Gasteiger partial charge in [-0.1, -0.05) is 48.5 Å². The molecule has 0 spiro atoms. The minimum Gasteiger partial charge on any atom is -0.264 e. The minimum absolute atomic E-state index is 0.0862. The smallest absolute Gasteiger partial charge is 0.241 e. The molecule has 3 aromatic carbocycles. The predicted octanol–water partition coefficient (Wildman–Crippen LogP) is 2.64. The fourth-order valence-corrected chi connectivity index (χ4v) is 5.80. The van der Waals surface area contributed by atoms with Gasteiger partial charge in [0.1, 0.15) is 0 Å². The largest absolute Gasteiger partial charge is 0.264 e. The zero-order chi connectivity index (χ0) is 21.2. The fraction of sp³-hybridized carbons (Fsp3) is 0.0952. The summed E-state index contributed by atoms with van der Waals surface area (Å²) in [6.07, 6.45) is 3.12. The lowest BCUT2D eigenvalue weighted by molar-refractivity contribution is 0.571. The topological polar surface area (TPSA) is 105 Å². The molecule has 0 aliphatic rings. The molecule has 0 aliphatic carbocycles. The summed E-state index contributed by atoms with van der Waals surface area (Å²) < 4.78 is 55.8. The lowest BCUT2D eigenvalue weighted by atomic mass is 10.1. The van der Waals surface area contributed by atoms with Gasteiger partial charge in [0.2, 0.25) is 20.0 Å². The first-order chi connectivity index (χ1) is 14.4. The van der Waals surface area contributed by atoms with Crippen molar-refractivity contribution in [2.24, 2.45) is 0 Å². The van der Waals surface area contributed by atoms with Crippen LogP contribution in [0.15, 0.2) is 88.9 Å². The van der Waals surface area contributed by atoms with E-state index in [1.165, 1.54) is 18.3 Å². The summed E-state index contributed by atoms with van der Waals surface area (Å²) in [5.41, 5.74) is 0. The third-order valence-corrected chi connectivity index (χ3v) is 7.72. The van der Waals surface area contributed by atoms with Gasteiger partial charge < -0.3 is 0 Å². The van der Waals surface area contributed by atoms with E-state index in [1.807, 2.05) is 18.2 Å². The zero-order valence-corrected chi connectivity index (χ0v) is 17.4. The average Bonchev–Trinajstić information content (AvgIpc) is 2.76. The van der Waals surface area contributed by atoms with Crippen LogP contribution < -0.4 is 9.44 Å². The molecule has 0 atom stereocenters. The van der Waals surface area contributed by atoms with Crippen molar-refractivity contribution in [3.05, 3.63) is 79.1 Å². The third-order valence-electron chi connectivity index (χ3n) is 4.68. The molecule has 2 N–H and O–H groups in total. The molecule has 0 fully saturated rings. The molecular formula is C21H19N3O4S2. The molecule has 7 nitrogen and oxygen atoms in total. The number of pyridine rings is 1. The fourth-order valence-electron chi connectivity index (χ4n) is 3.28. The zero-order valence-electron chi connectivity index (χ0n) is 15.8. The van der Waals surface area contributed by atoms with Crippen molar-refractivity contribution in [1.82, 2.24) is 14.4 Å². The summed E-state index contributed by atoms with van der Waals surface area (Å²) in [5.74, 6) is 0. The van der Waals surface area contributed by atoms with Gasteiger partial charge in [0.05, 0.1) is 9.79 Å². The van der Waals surface area contributed by atoms with E-state index in [-0.39, 0.29) is 22.9 Å². The highest BCUT2D eigenvalue weighted by Crippen LogP contribution is 2.23. The van der Waals surface area contributed by atoms with E-state index in [0.29, 0.717) is 16.2 Å². The van der Waals surface area contributed by atoms with Crippen LogP contribution in [-0.2, 0) is 20.0 Å². The molecule has 4 aromatic rings. The highest BCUT2D eigenvalue weighted by atomic mass is 32.2. The molecule has 154 valence electrons. The Kier molecular flexibility index (Phi) is 5.52. The van der Waals surface area contributed by atoms with E-state index in [1.54, 1.807) is 42.6 Å². The third kappa shape index (κ3) is 4.05. The first kappa shape index (κ1) is 20.4. The lowest BCUT2D eigenvalue weighted by Gasteiger charge is -2.11. The summed E-state index contributed by atoms with van der Waals surface area (Å²) in [6, 6.07) is 18.8. The van der Waals surface area contributed by atoms with E-state index in [9.17, 15) is 16.8 Å². The number of aromatic nitrogens is 1. The summed E-state index contributed by atoms with van der Waals surface area (Å²) in [6.45, 7) is -0.176. The van der Waals surface area contributed by atoms with E-state index < -0.39 is 20.0 Å². The van der Waals surface area contributed by atoms with Crippen molar-refractivity contribution in [3.63, 3.8) is 0 Å². The van der Waals surface area contributed by atoms with Crippen molar-refractivity contribution in [2.45, 2.75) is 9.79 Å². The summed E-state index contributed by atoms with van der Waals surface area (Å²) in [4.78, 5) is 4.28. The Morgan fingerprint density at radius 3 is 1.83 bits per heavy atom. The van der Waals surface area contributed by atoms with Gasteiger partial charge in [-0.15, -0.1) is 0 Å². The van der Waals surface area contributed by atoms with E-state index >= 15 is 0 Å². The number of benzene rings is 3. The molecule has 9 heteroatoms. The van der Waals surface area contributed by atoms with Gasteiger partial charge >= 0.3 is 0 Å². The second-order valence-electron chi connectivity index (χ2n) is 6.63. The number of hydrogen-bond acceptors (Lipinski definition) is 5. The van der Waals surface area contributed by atoms with Gasteiger partial charge in [-0.25, -0.2) is 26.3 Å². The monoisotopic (exact) mass is 441 g/mol. The minimum atomic E-state index is -3.82. The van der Waals surface area contributed by atoms with Crippen LogP contribution in [0.1, 0.15) is 0 Å². The Balaban J connectivity index is 1.48. The van der Waals surface area contributed by atoms with Gasteiger partial charge in [-0.3, -0.25) is 4.98 Å². The van der Waals surface area contributed by atoms with E-state index in [4.69, 9.17) is 0 Å². The second kappa shape index (κ2) is 8.11. The maximum absolute atomic E-state index is 12.7. The van der Waals surface area contributed by atoms with Crippen LogP contribution in [0.5, 0.6) is 0 Å². The lowest BCUT2D eigenvalue weighted by Crippen LogP contribution is -2.34. The second-order valence-corrected chi connectivity index (χ2v) is 10.1. The Bertz CT molecular complexity index is 1310. The Morgan fingerprint density at radius 2 is 1.17 bits per heavy atom. The van der Waals surface area contributed by atoms with Crippen LogP contribution in [0.2, 0.25) is 0 Å². The summed E-state index contributed by atoms with van der Waals surface area (Å²) in [5, 5.41) is 2.68. The number of rotatable bonds is 7. The molecule has 4 rings (SSSR count). The number of nitrogens with zero attached hydrogens (tertiary/aromatic N) is 1. The van der Waals surface area contributed by atoms with Gasteiger partial charge in [0, 0.05) is 41.6 Å². The van der Waals surface area contributed by atoms with Crippen LogP contribution in [0, 0.1) is 0 Å². The Morgan fingerprint density at radius 1 is 0.633 bits per heavy atom. The molecule has 0 unspecified atom stereocenters. The highest BCUT2D eigenvalue weighted by Gasteiger charge is 2.19. The molecule has 0 bridgehead atoms. The molecule has 0 radical (unpaired) electrons. The quantitative estimate of drug-likeness (QED) is 0.429.